The molecule has 25 heavy (non-hydrogen) atoms. The summed E-state index contributed by atoms with van der Waals surface area (Å²) in [6, 6.07) is 3.73. The van der Waals surface area contributed by atoms with E-state index in [4.69, 9.17) is 0 Å². The zero-order valence-corrected chi connectivity index (χ0v) is 13.5. The minimum absolute atomic E-state index is 0.0962. The van der Waals surface area contributed by atoms with Gasteiger partial charge in [-0.3, -0.25) is 14.5 Å². The number of pyridine rings is 1. The van der Waals surface area contributed by atoms with Crippen LogP contribution in [0.25, 0.3) is 10.9 Å². The Morgan fingerprint density at radius 3 is 2.76 bits per heavy atom. The largest absolute Gasteiger partial charge is 0.360 e. The van der Waals surface area contributed by atoms with Crippen molar-refractivity contribution in [3.63, 3.8) is 0 Å². The summed E-state index contributed by atoms with van der Waals surface area (Å²) in [5.74, 6) is -1.47. The second kappa shape index (κ2) is 5.80. The van der Waals surface area contributed by atoms with Crippen LogP contribution >= 0.6 is 0 Å². The van der Waals surface area contributed by atoms with Crippen LogP contribution in [0.2, 0.25) is 0 Å². The predicted octanol–water partition coefficient (Wildman–Crippen LogP) is 2.10. The number of amides is 1. The fourth-order valence-electron chi connectivity index (χ4n) is 3.14. The summed E-state index contributed by atoms with van der Waals surface area (Å²) in [5.41, 5.74) is 1.44. The number of hydrogen-bond acceptors (Lipinski definition) is 4. The van der Waals surface area contributed by atoms with Crippen molar-refractivity contribution in [3.8, 4) is 0 Å². The second-order valence-electron chi connectivity index (χ2n) is 5.95. The normalized spacial score (nSPS) is 15.2. The number of carbonyl (C=O) groups is 1. The average molecular weight is 343 g/mol. The predicted molar refractivity (Wildman–Crippen MR) is 89.4 cm³/mol. The number of fused-ring (bicyclic) bond motifs is 1. The van der Waals surface area contributed by atoms with E-state index in [1.165, 1.54) is 12.3 Å². The fraction of sp³-hybridized carbons (Fsp3) is 0.235. The lowest BCUT2D eigenvalue weighted by Crippen LogP contribution is -2.50. The van der Waals surface area contributed by atoms with Gasteiger partial charge in [0.25, 0.3) is 0 Å². The maximum Gasteiger partial charge on any atom is 0.246 e. The van der Waals surface area contributed by atoms with Crippen LogP contribution in [-0.2, 0) is 11.8 Å². The third kappa shape index (κ3) is 2.69. The SMILES string of the molecule is Cn1cc(N2CCN(c3ccnc4c(F)cc(F)cc34)CC2=O)cn1. The van der Waals surface area contributed by atoms with Crippen LogP contribution in [0.5, 0.6) is 0 Å². The quantitative estimate of drug-likeness (QED) is 0.715. The molecule has 2 aromatic heterocycles. The molecular weight excluding hydrogens is 328 g/mol. The topological polar surface area (TPSA) is 54.3 Å². The summed E-state index contributed by atoms with van der Waals surface area (Å²) < 4.78 is 29.2. The van der Waals surface area contributed by atoms with Gasteiger partial charge in [0, 0.05) is 49.7 Å². The first-order valence-corrected chi connectivity index (χ1v) is 7.80. The summed E-state index contributed by atoms with van der Waals surface area (Å²) in [5, 5.41) is 4.44. The molecule has 0 spiro atoms. The molecule has 1 aliphatic rings. The monoisotopic (exact) mass is 343 g/mol. The van der Waals surface area contributed by atoms with Crippen molar-refractivity contribution in [2.45, 2.75) is 0 Å². The third-order valence-corrected chi connectivity index (χ3v) is 4.30. The number of rotatable bonds is 2. The Morgan fingerprint density at radius 2 is 2.04 bits per heavy atom. The summed E-state index contributed by atoms with van der Waals surface area (Å²) in [6.07, 6.45) is 4.89. The molecule has 0 aliphatic carbocycles. The molecule has 8 heteroatoms. The highest BCUT2D eigenvalue weighted by Gasteiger charge is 2.27. The van der Waals surface area contributed by atoms with Gasteiger partial charge in [-0.1, -0.05) is 0 Å². The molecule has 3 aromatic rings. The summed E-state index contributed by atoms with van der Waals surface area (Å²) in [7, 11) is 1.79. The molecule has 1 fully saturated rings. The van der Waals surface area contributed by atoms with Crippen LogP contribution in [0.1, 0.15) is 0 Å². The van der Waals surface area contributed by atoms with E-state index in [1.807, 2.05) is 4.90 Å². The van der Waals surface area contributed by atoms with E-state index in [2.05, 4.69) is 10.1 Å². The first-order valence-electron chi connectivity index (χ1n) is 7.80. The number of aryl methyl sites for hydroxylation is 1. The van der Waals surface area contributed by atoms with Crippen LogP contribution < -0.4 is 9.80 Å². The molecule has 1 saturated heterocycles. The second-order valence-corrected chi connectivity index (χ2v) is 5.95. The number of anilines is 2. The summed E-state index contributed by atoms with van der Waals surface area (Å²) in [6.45, 7) is 1.12. The van der Waals surface area contributed by atoms with Crippen molar-refractivity contribution in [2.24, 2.45) is 7.05 Å². The maximum atomic E-state index is 14.0. The zero-order chi connectivity index (χ0) is 17.6. The molecule has 128 valence electrons. The average Bonchev–Trinajstić information content (AvgIpc) is 3.00. The van der Waals surface area contributed by atoms with Crippen molar-refractivity contribution >= 4 is 28.2 Å². The molecule has 0 saturated carbocycles. The van der Waals surface area contributed by atoms with E-state index in [0.717, 1.165) is 11.8 Å². The molecule has 0 bridgehead atoms. The minimum Gasteiger partial charge on any atom is -0.360 e. The molecule has 0 atom stereocenters. The number of carbonyl (C=O) groups excluding carboxylic acids is 1. The molecule has 0 unspecified atom stereocenters. The van der Waals surface area contributed by atoms with Crippen LogP contribution in [0.3, 0.4) is 0 Å². The standard InChI is InChI=1S/C17H15F2N5O/c1-22-9-12(8-21-22)24-5-4-23(10-16(24)25)15-2-3-20-17-13(15)6-11(18)7-14(17)19/h2-3,6-9H,4-5,10H2,1H3. The van der Waals surface area contributed by atoms with Gasteiger partial charge in [-0.05, 0) is 12.1 Å². The highest BCUT2D eigenvalue weighted by atomic mass is 19.1. The van der Waals surface area contributed by atoms with Crippen molar-refractivity contribution in [1.82, 2.24) is 14.8 Å². The van der Waals surface area contributed by atoms with E-state index in [-0.39, 0.29) is 18.0 Å². The van der Waals surface area contributed by atoms with E-state index < -0.39 is 11.6 Å². The van der Waals surface area contributed by atoms with Gasteiger partial charge in [-0.25, -0.2) is 8.78 Å². The van der Waals surface area contributed by atoms with Gasteiger partial charge >= 0.3 is 0 Å². The lowest BCUT2D eigenvalue weighted by molar-refractivity contribution is -0.117. The fourth-order valence-corrected chi connectivity index (χ4v) is 3.14. The van der Waals surface area contributed by atoms with Crippen molar-refractivity contribution in [2.75, 3.05) is 29.4 Å². The number of aromatic nitrogens is 3. The summed E-state index contributed by atoms with van der Waals surface area (Å²) >= 11 is 0. The lowest BCUT2D eigenvalue weighted by Gasteiger charge is -2.35. The summed E-state index contributed by atoms with van der Waals surface area (Å²) in [4.78, 5) is 20.0. The van der Waals surface area contributed by atoms with Gasteiger partial charge in [0.15, 0.2) is 5.82 Å². The van der Waals surface area contributed by atoms with Gasteiger partial charge in [-0.15, -0.1) is 0 Å². The molecule has 4 rings (SSSR count). The molecule has 3 heterocycles. The van der Waals surface area contributed by atoms with Gasteiger partial charge in [0.05, 0.1) is 18.4 Å². The zero-order valence-electron chi connectivity index (χ0n) is 13.5. The first kappa shape index (κ1) is 15.5. The van der Waals surface area contributed by atoms with E-state index in [9.17, 15) is 13.6 Å². The maximum absolute atomic E-state index is 14.0. The Labute approximate surface area is 142 Å². The van der Waals surface area contributed by atoms with E-state index in [1.54, 1.807) is 35.1 Å². The highest BCUT2D eigenvalue weighted by molar-refractivity contribution is 6.00. The molecule has 0 N–H and O–H groups in total. The Bertz CT molecular complexity index is 971. The Morgan fingerprint density at radius 1 is 1.20 bits per heavy atom. The number of benzene rings is 1. The smallest absolute Gasteiger partial charge is 0.246 e. The van der Waals surface area contributed by atoms with Crippen molar-refractivity contribution in [3.05, 3.63) is 48.4 Å². The Balaban J connectivity index is 1.66. The molecule has 1 amide bonds. The first-order chi connectivity index (χ1) is 12.0. The Hall–Kier alpha value is -3.03. The highest BCUT2D eigenvalue weighted by Crippen LogP contribution is 2.29. The van der Waals surface area contributed by atoms with Gasteiger partial charge in [0.1, 0.15) is 11.3 Å². The number of piperazine rings is 1. The lowest BCUT2D eigenvalue weighted by atomic mass is 10.1. The number of nitrogens with zero attached hydrogens (tertiary/aromatic N) is 5. The molecule has 1 aromatic carbocycles. The third-order valence-electron chi connectivity index (χ3n) is 4.30. The van der Waals surface area contributed by atoms with Gasteiger partial charge in [0.2, 0.25) is 5.91 Å². The van der Waals surface area contributed by atoms with Crippen molar-refractivity contribution in [1.29, 1.82) is 0 Å². The number of halogens is 2. The minimum atomic E-state index is -0.711. The van der Waals surface area contributed by atoms with Crippen LogP contribution in [-0.4, -0.2) is 40.3 Å². The van der Waals surface area contributed by atoms with Crippen LogP contribution in [0, 0.1) is 11.6 Å². The van der Waals surface area contributed by atoms with Gasteiger partial charge in [-0.2, -0.15) is 5.10 Å². The molecule has 0 radical (unpaired) electrons. The van der Waals surface area contributed by atoms with E-state index >= 15 is 0 Å². The molecular formula is C17H15F2N5O. The molecule has 6 nitrogen and oxygen atoms in total. The van der Waals surface area contributed by atoms with Crippen LogP contribution in [0.4, 0.5) is 20.2 Å². The Kier molecular flexibility index (Phi) is 3.60. The van der Waals surface area contributed by atoms with E-state index in [0.29, 0.717) is 24.2 Å². The number of hydrogen-bond donors (Lipinski definition) is 0. The molecule has 1 aliphatic heterocycles. The van der Waals surface area contributed by atoms with Gasteiger partial charge < -0.3 is 9.80 Å². The van der Waals surface area contributed by atoms with Crippen LogP contribution in [0.15, 0.2) is 36.8 Å². The van der Waals surface area contributed by atoms with Crippen molar-refractivity contribution < 1.29 is 13.6 Å².